The van der Waals surface area contributed by atoms with E-state index in [0.717, 1.165) is 11.1 Å². The number of carbonyl (C=O) groups is 1. The van der Waals surface area contributed by atoms with Crippen molar-refractivity contribution in [3.05, 3.63) is 71.8 Å². The van der Waals surface area contributed by atoms with Crippen molar-refractivity contribution in [1.82, 2.24) is 21.3 Å². The summed E-state index contributed by atoms with van der Waals surface area (Å²) in [5.41, 5.74) is 2.22. The molecule has 5 N–H and O–H groups in total. The molecule has 154 valence electrons. The van der Waals surface area contributed by atoms with Crippen LogP contribution in [0.4, 0.5) is 0 Å². The summed E-state index contributed by atoms with van der Waals surface area (Å²) in [6, 6.07) is 19.0. The molecule has 0 aromatic heterocycles. The largest absolute Gasteiger partial charge is 0.480 e. The quantitative estimate of drug-likeness (QED) is 0.291. The lowest BCUT2D eigenvalue weighted by Gasteiger charge is -2.18. The van der Waals surface area contributed by atoms with Crippen LogP contribution in [0.2, 0.25) is 0 Å². The molecule has 29 heavy (non-hydrogen) atoms. The third-order valence-corrected chi connectivity index (χ3v) is 4.70. The molecule has 0 radical (unpaired) electrons. The molecule has 0 fully saturated rings. The molecule has 1 atom stereocenters. The van der Waals surface area contributed by atoms with Crippen molar-refractivity contribution in [2.45, 2.75) is 32.0 Å². The Kier molecular flexibility index (Phi) is 9.88. The highest BCUT2D eigenvalue weighted by molar-refractivity contribution is 7.80. The highest BCUT2D eigenvalue weighted by atomic mass is 32.1. The Morgan fingerprint density at radius 3 is 1.86 bits per heavy atom. The van der Waals surface area contributed by atoms with Crippen LogP contribution in [-0.2, 0) is 17.9 Å². The zero-order valence-corrected chi connectivity index (χ0v) is 17.7. The number of nitrogens with one attached hydrogen (secondary N) is 4. The van der Waals surface area contributed by atoms with Gasteiger partial charge in [-0.1, -0.05) is 60.7 Å². The number of aliphatic carboxylic acids is 1. The van der Waals surface area contributed by atoms with Gasteiger partial charge < -0.3 is 26.4 Å². The summed E-state index contributed by atoms with van der Waals surface area (Å²) < 4.78 is 0. The molecule has 0 aliphatic rings. The number of hydrogen-bond acceptors (Lipinski definition) is 3. The van der Waals surface area contributed by atoms with Gasteiger partial charge in [0.25, 0.3) is 0 Å². The molecule has 2 aromatic rings. The van der Waals surface area contributed by atoms with Crippen molar-refractivity contribution in [3.8, 4) is 0 Å². The molecule has 0 bridgehead atoms. The second-order valence-corrected chi connectivity index (χ2v) is 7.26. The van der Waals surface area contributed by atoms with Crippen LogP contribution in [0.25, 0.3) is 0 Å². The Labute approximate surface area is 182 Å². The predicted molar refractivity (Wildman–Crippen MR) is 124 cm³/mol. The Hall–Kier alpha value is -2.71. The first-order valence-corrected chi connectivity index (χ1v) is 10.2. The third kappa shape index (κ3) is 9.36. The lowest BCUT2D eigenvalue weighted by Crippen LogP contribution is -2.46. The van der Waals surface area contributed by atoms with Crippen molar-refractivity contribution in [3.63, 3.8) is 0 Å². The summed E-state index contributed by atoms with van der Waals surface area (Å²) in [4.78, 5) is 11.5. The number of rotatable bonds is 10. The topological polar surface area (TPSA) is 85.4 Å². The van der Waals surface area contributed by atoms with Crippen molar-refractivity contribution >= 4 is 40.6 Å². The fourth-order valence-electron chi connectivity index (χ4n) is 2.59. The first kappa shape index (κ1) is 22.6. The van der Waals surface area contributed by atoms with Gasteiger partial charge in [0.2, 0.25) is 0 Å². The minimum absolute atomic E-state index is 0.328. The highest BCUT2D eigenvalue weighted by Gasteiger charge is 2.17. The molecule has 0 saturated heterocycles. The van der Waals surface area contributed by atoms with Crippen LogP contribution in [0.15, 0.2) is 60.7 Å². The minimum Gasteiger partial charge on any atom is -0.480 e. The van der Waals surface area contributed by atoms with Crippen LogP contribution in [-0.4, -0.2) is 33.9 Å². The molecule has 8 heteroatoms. The molecule has 0 spiro atoms. The predicted octanol–water partition coefficient (Wildman–Crippen LogP) is 2.55. The first-order chi connectivity index (χ1) is 14.0. The van der Waals surface area contributed by atoms with E-state index >= 15 is 0 Å². The van der Waals surface area contributed by atoms with Gasteiger partial charge in [-0.25, -0.2) is 4.79 Å². The number of hydrogen-bond donors (Lipinski definition) is 5. The van der Waals surface area contributed by atoms with Crippen LogP contribution in [0.5, 0.6) is 0 Å². The number of thiocarbonyl (C=S) groups is 2. The van der Waals surface area contributed by atoms with Gasteiger partial charge in [-0.15, -0.1) is 0 Å². The first-order valence-electron chi connectivity index (χ1n) is 9.41. The summed E-state index contributed by atoms with van der Waals surface area (Å²) in [7, 11) is 0. The van der Waals surface area contributed by atoms with Gasteiger partial charge >= 0.3 is 5.97 Å². The maximum absolute atomic E-state index is 11.5. The summed E-state index contributed by atoms with van der Waals surface area (Å²) in [5, 5.41) is 22.4. The van der Waals surface area contributed by atoms with Gasteiger partial charge in [-0.05, 0) is 48.4 Å². The van der Waals surface area contributed by atoms with E-state index in [1.54, 1.807) is 0 Å². The van der Waals surface area contributed by atoms with Crippen LogP contribution in [0, 0.1) is 0 Å². The smallest absolute Gasteiger partial charge is 0.326 e. The molecule has 0 aliphatic heterocycles. The number of carboxylic acid groups (broad SMARTS) is 1. The molecule has 0 aliphatic carbocycles. The van der Waals surface area contributed by atoms with E-state index in [1.165, 1.54) is 0 Å². The zero-order chi connectivity index (χ0) is 20.9. The normalized spacial score (nSPS) is 11.2. The SMILES string of the molecule is O=C(O)C(CCCNC(=S)NCc1ccccc1)NC(=S)NCc1ccccc1. The van der Waals surface area contributed by atoms with Crippen molar-refractivity contribution in [1.29, 1.82) is 0 Å². The van der Waals surface area contributed by atoms with Crippen LogP contribution >= 0.6 is 24.4 Å². The lowest BCUT2D eigenvalue weighted by atomic mass is 10.1. The van der Waals surface area contributed by atoms with Gasteiger partial charge in [-0.3, -0.25) is 0 Å². The summed E-state index contributed by atoms with van der Waals surface area (Å²) >= 11 is 10.5. The molecule has 2 rings (SSSR count). The molecule has 0 amide bonds. The molecule has 6 nitrogen and oxygen atoms in total. The van der Waals surface area contributed by atoms with Gasteiger partial charge in [0, 0.05) is 19.6 Å². The highest BCUT2D eigenvalue weighted by Crippen LogP contribution is 2.00. The Morgan fingerprint density at radius 2 is 1.34 bits per heavy atom. The molecule has 2 aromatic carbocycles. The zero-order valence-electron chi connectivity index (χ0n) is 16.1. The lowest BCUT2D eigenvalue weighted by molar-refractivity contribution is -0.139. The molecular weight excluding hydrogens is 404 g/mol. The molecule has 0 heterocycles. The number of carboxylic acids is 1. The van der Waals surface area contributed by atoms with Gasteiger partial charge in [0.1, 0.15) is 6.04 Å². The Balaban J connectivity index is 1.63. The maximum Gasteiger partial charge on any atom is 0.326 e. The fraction of sp³-hybridized carbons (Fsp3) is 0.286. The van der Waals surface area contributed by atoms with Gasteiger partial charge in [-0.2, -0.15) is 0 Å². The Morgan fingerprint density at radius 1 is 0.828 bits per heavy atom. The van der Waals surface area contributed by atoms with E-state index in [-0.39, 0.29) is 0 Å². The van der Waals surface area contributed by atoms with Crippen molar-refractivity contribution in [2.24, 2.45) is 0 Å². The second-order valence-electron chi connectivity index (χ2n) is 6.44. The van der Waals surface area contributed by atoms with Crippen LogP contribution in [0.3, 0.4) is 0 Å². The average Bonchev–Trinajstić information content (AvgIpc) is 2.74. The fourth-order valence-corrected chi connectivity index (χ4v) is 2.98. The van der Waals surface area contributed by atoms with E-state index < -0.39 is 12.0 Å². The average molecular weight is 431 g/mol. The maximum atomic E-state index is 11.5. The van der Waals surface area contributed by atoms with E-state index in [0.29, 0.717) is 42.7 Å². The van der Waals surface area contributed by atoms with E-state index in [2.05, 4.69) is 21.3 Å². The molecular formula is C21H26N4O2S2. The second kappa shape index (κ2) is 12.7. The van der Waals surface area contributed by atoms with Crippen LogP contribution < -0.4 is 21.3 Å². The molecule has 0 saturated carbocycles. The van der Waals surface area contributed by atoms with Crippen molar-refractivity contribution in [2.75, 3.05) is 6.54 Å². The van der Waals surface area contributed by atoms with Gasteiger partial charge in [0.15, 0.2) is 10.2 Å². The van der Waals surface area contributed by atoms with Crippen LogP contribution in [0.1, 0.15) is 24.0 Å². The standard InChI is InChI=1S/C21H26N4O2S2/c26-19(27)18(25-21(29)24-15-17-10-5-2-6-11-17)12-7-13-22-20(28)23-14-16-8-3-1-4-9-16/h1-6,8-11,18H,7,12-15H2,(H,26,27)(H2,22,23,28)(H2,24,25,29). The van der Waals surface area contributed by atoms with E-state index in [9.17, 15) is 9.90 Å². The number of benzene rings is 2. The van der Waals surface area contributed by atoms with E-state index in [4.69, 9.17) is 24.4 Å². The summed E-state index contributed by atoms with van der Waals surface area (Å²) in [6.45, 7) is 1.77. The van der Waals surface area contributed by atoms with E-state index in [1.807, 2.05) is 60.7 Å². The molecule has 1 unspecified atom stereocenters. The van der Waals surface area contributed by atoms with Gasteiger partial charge in [0.05, 0.1) is 0 Å². The minimum atomic E-state index is -0.932. The Bertz CT molecular complexity index is 788. The monoisotopic (exact) mass is 430 g/mol. The third-order valence-electron chi connectivity index (χ3n) is 4.15. The summed E-state index contributed by atoms with van der Waals surface area (Å²) in [6.07, 6.45) is 1.06. The summed E-state index contributed by atoms with van der Waals surface area (Å²) in [5.74, 6) is -0.932. The van der Waals surface area contributed by atoms with Crippen molar-refractivity contribution < 1.29 is 9.90 Å².